The Kier molecular flexibility index (Phi) is 8.44. The van der Waals surface area contributed by atoms with Gasteiger partial charge in [0.2, 0.25) is 0 Å². The molecule has 2 aliphatic carbocycles. The number of allylic oxidation sites excluding steroid dienone is 2. The average molecular weight is 431 g/mol. The molecule has 0 amide bonds. The van der Waals surface area contributed by atoms with Gasteiger partial charge in [0, 0.05) is 17.9 Å². The molecule has 0 aliphatic heterocycles. The van der Waals surface area contributed by atoms with Gasteiger partial charge in [-0.15, -0.1) is 0 Å². The van der Waals surface area contributed by atoms with Gasteiger partial charge in [0.25, 0.3) is 0 Å². The molecular formula is C26H38O5. The number of esters is 2. The van der Waals surface area contributed by atoms with Gasteiger partial charge in [-0.05, 0) is 56.1 Å². The molecule has 0 heterocycles. The SMILES string of the molecule is C=C1C(OC(=O)/C=C(\C)CC)CC(C(C)C)C2/C(=C/C)C(=O)C(OC(=O)C(C)CC)C12. The van der Waals surface area contributed by atoms with Crippen LogP contribution < -0.4 is 0 Å². The molecule has 5 nitrogen and oxygen atoms in total. The van der Waals surface area contributed by atoms with Crippen molar-refractivity contribution in [3.05, 3.63) is 35.5 Å². The summed E-state index contributed by atoms with van der Waals surface area (Å²) in [5, 5.41) is 0. The zero-order valence-electron chi connectivity index (χ0n) is 20.1. The van der Waals surface area contributed by atoms with Crippen molar-refractivity contribution in [3.8, 4) is 0 Å². The third-order valence-electron chi connectivity index (χ3n) is 7.01. The first kappa shape index (κ1) is 25.1. The van der Waals surface area contributed by atoms with Crippen LogP contribution in [0.2, 0.25) is 0 Å². The predicted octanol–water partition coefficient (Wildman–Crippen LogP) is 5.21. The second kappa shape index (κ2) is 10.4. The molecule has 0 radical (unpaired) electrons. The number of hydrogen-bond donors (Lipinski definition) is 0. The highest BCUT2D eigenvalue weighted by Crippen LogP contribution is 2.53. The first-order valence-corrected chi connectivity index (χ1v) is 11.5. The van der Waals surface area contributed by atoms with Crippen LogP contribution in [0, 0.1) is 29.6 Å². The number of Topliss-reactive ketones (excluding diaryl/α,β-unsaturated/α-hetero) is 1. The van der Waals surface area contributed by atoms with Crippen LogP contribution >= 0.6 is 0 Å². The summed E-state index contributed by atoms with van der Waals surface area (Å²) in [5.74, 6) is -1.26. The van der Waals surface area contributed by atoms with E-state index in [1.165, 1.54) is 6.08 Å². The van der Waals surface area contributed by atoms with Gasteiger partial charge in [0.15, 0.2) is 11.9 Å². The van der Waals surface area contributed by atoms with E-state index in [0.717, 1.165) is 12.0 Å². The van der Waals surface area contributed by atoms with Gasteiger partial charge in [-0.2, -0.15) is 0 Å². The van der Waals surface area contributed by atoms with Gasteiger partial charge >= 0.3 is 11.9 Å². The highest BCUT2D eigenvalue weighted by atomic mass is 16.6. The van der Waals surface area contributed by atoms with E-state index in [0.29, 0.717) is 24.0 Å². The molecule has 0 aromatic carbocycles. The molecule has 0 aromatic rings. The van der Waals surface area contributed by atoms with Gasteiger partial charge in [0.05, 0.1) is 5.92 Å². The second-order valence-electron chi connectivity index (χ2n) is 9.31. The maximum atomic E-state index is 13.3. The number of ketones is 1. The average Bonchev–Trinajstić information content (AvgIpc) is 3.00. The standard InChI is InChI=1S/C26H38O5/c1-9-15(6)12-21(27)30-20-13-19(14(4)5)23-18(11-3)24(28)25(22(23)17(20)8)31-26(29)16(7)10-2/h11-12,14,16,19-20,22-23,25H,8-10,13H2,1-7H3/b15-12+,18-11-. The van der Waals surface area contributed by atoms with Crippen LogP contribution in [0.15, 0.2) is 35.5 Å². The highest BCUT2D eigenvalue weighted by Gasteiger charge is 2.57. The van der Waals surface area contributed by atoms with E-state index in [-0.39, 0.29) is 41.3 Å². The van der Waals surface area contributed by atoms with Crippen molar-refractivity contribution in [2.75, 3.05) is 0 Å². The van der Waals surface area contributed by atoms with Crippen molar-refractivity contribution in [1.29, 1.82) is 0 Å². The molecule has 2 fully saturated rings. The summed E-state index contributed by atoms with van der Waals surface area (Å²) in [7, 11) is 0. The van der Waals surface area contributed by atoms with E-state index in [2.05, 4.69) is 20.4 Å². The summed E-state index contributed by atoms with van der Waals surface area (Å²) in [4.78, 5) is 38.3. The van der Waals surface area contributed by atoms with Crippen molar-refractivity contribution in [1.82, 2.24) is 0 Å². The minimum atomic E-state index is -0.902. The van der Waals surface area contributed by atoms with Crippen LogP contribution in [-0.4, -0.2) is 29.9 Å². The maximum absolute atomic E-state index is 13.3. The Hall–Kier alpha value is -2.17. The van der Waals surface area contributed by atoms with Gasteiger partial charge < -0.3 is 9.47 Å². The fraction of sp³-hybridized carbons (Fsp3) is 0.654. The molecule has 2 rings (SSSR count). The molecule has 6 unspecified atom stereocenters. The molecule has 0 bridgehead atoms. The van der Waals surface area contributed by atoms with Gasteiger partial charge in [-0.1, -0.05) is 52.8 Å². The highest BCUT2D eigenvalue weighted by molar-refractivity contribution is 6.03. The molecule has 2 aliphatic rings. The first-order valence-electron chi connectivity index (χ1n) is 11.5. The van der Waals surface area contributed by atoms with E-state index in [1.54, 1.807) is 6.92 Å². The quantitative estimate of drug-likeness (QED) is 0.315. The fourth-order valence-corrected chi connectivity index (χ4v) is 4.71. The summed E-state index contributed by atoms with van der Waals surface area (Å²) in [6, 6.07) is 0. The second-order valence-corrected chi connectivity index (χ2v) is 9.31. The fourth-order valence-electron chi connectivity index (χ4n) is 4.71. The number of carbonyl (C=O) groups excluding carboxylic acids is 3. The van der Waals surface area contributed by atoms with E-state index in [9.17, 15) is 14.4 Å². The Bertz CT molecular complexity index is 788. The van der Waals surface area contributed by atoms with Gasteiger partial charge in [-0.25, -0.2) is 4.79 Å². The Morgan fingerprint density at radius 3 is 2.32 bits per heavy atom. The Labute approximate surface area is 186 Å². The Morgan fingerprint density at radius 1 is 1.16 bits per heavy atom. The number of ether oxygens (including phenoxy) is 2. The molecule has 31 heavy (non-hydrogen) atoms. The van der Waals surface area contributed by atoms with Crippen LogP contribution in [-0.2, 0) is 23.9 Å². The van der Waals surface area contributed by atoms with Crippen LogP contribution in [0.4, 0.5) is 0 Å². The largest absolute Gasteiger partial charge is 0.455 e. The molecule has 2 saturated carbocycles. The first-order chi connectivity index (χ1) is 14.6. The number of rotatable bonds is 7. The van der Waals surface area contributed by atoms with Crippen LogP contribution in [0.1, 0.15) is 67.7 Å². The molecular weight excluding hydrogens is 392 g/mol. The monoisotopic (exact) mass is 430 g/mol. The molecule has 0 aromatic heterocycles. The summed E-state index contributed by atoms with van der Waals surface area (Å²) in [5.41, 5.74) is 2.32. The Balaban J connectivity index is 2.41. The van der Waals surface area contributed by atoms with E-state index >= 15 is 0 Å². The lowest BCUT2D eigenvalue weighted by molar-refractivity contribution is -0.160. The zero-order valence-corrected chi connectivity index (χ0v) is 20.1. The molecule has 5 heteroatoms. The van der Waals surface area contributed by atoms with Gasteiger partial charge in [-0.3, -0.25) is 9.59 Å². The normalized spacial score (nSPS) is 31.0. The molecule has 0 N–H and O–H groups in total. The molecule has 6 atom stereocenters. The minimum Gasteiger partial charge on any atom is -0.455 e. The summed E-state index contributed by atoms with van der Waals surface area (Å²) >= 11 is 0. The third kappa shape index (κ3) is 5.19. The zero-order chi connectivity index (χ0) is 23.5. The lowest BCUT2D eigenvalue weighted by Gasteiger charge is -2.42. The van der Waals surface area contributed by atoms with Crippen LogP contribution in [0.25, 0.3) is 0 Å². The number of hydrogen-bond acceptors (Lipinski definition) is 5. The maximum Gasteiger partial charge on any atom is 0.331 e. The number of fused-ring (bicyclic) bond motifs is 1. The molecule has 0 spiro atoms. The van der Waals surface area contributed by atoms with Crippen molar-refractivity contribution in [3.63, 3.8) is 0 Å². The van der Waals surface area contributed by atoms with Crippen molar-refractivity contribution >= 4 is 17.7 Å². The van der Waals surface area contributed by atoms with Gasteiger partial charge in [0.1, 0.15) is 6.10 Å². The summed E-state index contributed by atoms with van der Waals surface area (Å²) < 4.78 is 11.6. The van der Waals surface area contributed by atoms with Crippen molar-refractivity contribution < 1.29 is 23.9 Å². The molecule has 0 saturated heterocycles. The van der Waals surface area contributed by atoms with E-state index in [1.807, 2.05) is 33.8 Å². The van der Waals surface area contributed by atoms with Crippen molar-refractivity contribution in [2.45, 2.75) is 79.9 Å². The van der Waals surface area contributed by atoms with Crippen molar-refractivity contribution in [2.24, 2.45) is 29.6 Å². The lowest BCUT2D eigenvalue weighted by atomic mass is 9.65. The third-order valence-corrected chi connectivity index (χ3v) is 7.01. The predicted molar refractivity (Wildman–Crippen MR) is 121 cm³/mol. The van der Waals surface area contributed by atoms with Crippen LogP contribution in [0.5, 0.6) is 0 Å². The summed E-state index contributed by atoms with van der Waals surface area (Å²) in [6.07, 6.45) is 3.98. The summed E-state index contributed by atoms with van der Waals surface area (Å²) in [6.45, 7) is 17.9. The smallest absolute Gasteiger partial charge is 0.331 e. The molecule has 172 valence electrons. The topological polar surface area (TPSA) is 69.7 Å². The number of carbonyl (C=O) groups is 3. The lowest BCUT2D eigenvalue weighted by Crippen LogP contribution is -2.43. The minimum absolute atomic E-state index is 0.0809. The van der Waals surface area contributed by atoms with E-state index < -0.39 is 18.2 Å². The van der Waals surface area contributed by atoms with E-state index in [4.69, 9.17) is 9.47 Å². The van der Waals surface area contributed by atoms with Crippen LogP contribution in [0.3, 0.4) is 0 Å². The Morgan fingerprint density at radius 2 is 1.81 bits per heavy atom.